The standard InChI is InChI=1S/C10H15NO5S2/c1-2-11(5-6-12)18(15,16)10-4-3-8(17-10)7-9(13)14/h3-4,12H,2,5-7H2,1H3,(H,13,14). The van der Waals surface area contributed by atoms with Crippen molar-refractivity contribution in [1.29, 1.82) is 0 Å². The molecule has 2 N–H and O–H groups in total. The van der Waals surface area contributed by atoms with Crippen molar-refractivity contribution < 1.29 is 23.4 Å². The van der Waals surface area contributed by atoms with Crippen LogP contribution in [0.25, 0.3) is 0 Å². The molecule has 8 heteroatoms. The van der Waals surface area contributed by atoms with E-state index in [1.54, 1.807) is 6.92 Å². The van der Waals surface area contributed by atoms with Crippen molar-refractivity contribution in [2.75, 3.05) is 19.7 Å². The number of carbonyl (C=O) groups is 1. The second-order valence-corrected chi connectivity index (χ2v) is 6.84. The van der Waals surface area contributed by atoms with Crippen molar-refractivity contribution in [3.8, 4) is 0 Å². The molecule has 0 atom stereocenters. The maximum Gasteiger partial charge on any atom is 0.308 e. The third-order valence-corrected chi connectivity index (χ3v) is 5.79. The number of carboxylic acids is 1. The molecule has 0 aliphatic rings. The number of aliphatic hydroxyl groups excluding tert-OH is 1. The molecule has 0 aliphatic heterocycles. The van der Waals surface area contributed by atoms with Gasteiger partial charge in [-0.15, -0.1) is 11.3 Å². The second kappa shape index (κ2) is 6.28. The van der Waals surface area contributed by atoms with Gasteiger partial charge in [-0.1, -0.05) is 6.92 Å². The van der Waals surface area contributed by atoms with Crippen LogP contribution in [0, 0.1) is 0 Å². The van der Waals surface area contributed by atoms with Crippen molar-refractivity contribution in [2.45, 2.75) is 17.6 Å². The van der Waals surface area contributed by atoms with E-state index in [4.69, 9.17) is 10.2 Å². The minimum absolute atomic E-state index is 0.0327. The average molecular weight is 293 g/mol. The summed E-state index contributed by atoms with van der Waals surface area (Å²) in [6.45, 7) is 1.72. The molecule has 0 saturated carbocycles. The topological polar surface area (TPSA) is 94.9 Å². The van der Waals surface area contributed by atoms with Crippen LogP contribution >= 0.6 is 11.3 Å². The lowest BCUT2D eigenvalue weighted by Gasteiger charge is -2.17. The smallest absolute Gasteiger partial charge is 0.308 e. The Hall–Kier alpha value is -0.960. The van der Waals surface area contributed by atoms with E-state index in [2.05, 4.69) is 0 Å². The van der Waals surface area contributed by atoms with Crippen LogP contribution in [0.5, 0.6) is 0 Å². The number of carboxylic acid groups (broad SMARTS) is 1. The summed E-state index contributed by atoms with van der Waals surface area (Å²) in [6, 6.07) is 2.90. The van der Waals surface area contributed by atoms with Crippen LogP contribution in [0.2, 0.25) is 0 Å². The maximum absolute atomic E-state index is 12.1. The van der Waals surface area contributed by atoms with E-state index in [9.17, 15) is 13.2 Å². The molecular weight excluding hydrogens is 278 g/mol. The highest BCUT2D eigenvalue weighted by atomic mass is 32.2. The summed E-state index contributed by atoms with van der Waals surface area (Å²) < 4.78 is 25.5. The van der Waals surface area contributed by atoms with Crippen LogP contribution in [0.15, 0.2) is 16.3 Å². The minimum atomic E-state index is -3.63. The number of aliphatic hydroxyl groups is 1. The molecule has 1 heterocycles. The van der Waals surface area contributed by atoms with Gasteiger partial charge in [-0.25, -0.2) is 8.42 Å². The molecule has 0 bridgehead atoms. The van der Waals surface area contributed by atoms with E-state index in [1.807, 2.05) is 0 Å². The Bertz CT molecular complexity index is 508. The van der Waals surface area contributed by atoms with Gasteiger partial charge in [-0.05, 0) is 12.1 Å². The zero-order valence-electron chi connectivity index (χ0n) is 9.87. The molecule has 0 unspecified atom stereocenters. The lowest BCUT2D eigenvalue weighted by atomic mass is 10.3. The molecule has 1 aromatic rings. The molecule has 0 amide bonds. The number of aliphatic carboxylic acids is 1. The van der Waals surface area contributed by atoms with Gasteiger partial charge in [0, 0.05) is 18.0 Å². The van der Waals surface area contributed by atoms with Gasteiger partial charge in [0.25, 0.3) is 10.0 Å². The van der Waals surface area contributed by atoms with E-state index in [-0.39, 0.29) is 30.3 Å². The first kappa shape index (κ1) is 15.1. The molecule has 0 fully saturated rings. The SMILES string of the molecule is CCN(CCO)S(=O)(=O)c1ccc(CC(=O)O)s1. The van der Waals surface area contributed by atoms with Gasteiger partial charge >= 0.3 is 5.97 Å². The van der Waals surface area contributed by atoms with Crippen molar-refractivity contribution in [3.63, 3.8) is 0 Å². The highest BCUT2D eigenvalue weighted by molar-refractivity contribution is 7.91. The fourth-order valence-electron chi connectivity index (χ4n) is 1.43. The molecule has 0 aromatic carbocycles. The Labute approximate surface area is 110 Å². The molecular formula is C10H15NO5S2. The maximum atomic E-state index is 12.1. The molecule has 102 valence electrons. The Morgan fingerprint density at radius 3 is 2.61 bits per heavy atom. The number of nitrogens with zero attached hydrogens (tertiary/aromatic N) is 1. The zero-order chi connectivity index (χ0) is 13.8. The first-order valence-corrected chi connectivity index (χ1v) is 7.59. The number of rotatable bonds is 7. The van der Waals surface area contributed by atoms with Crippen LogP contribution in [0.4, 0.5) is 0 Å². The predicted octanol–water partition coefficient (Wildman–Crippen LogP) is 0.378. The van der Waals surface area contributed by atoms with Crippen molar-refractivity contribution in [2.24, 2.45) is 0 Å². The van der Waals surface area contributed by atoms with Gasteiger partial charge in [0.05, 0.1) is 13.0 Å². The van der Waals surface area contributed by atoms with Gasteiger partial charge in [0.15, 0.2) is 0 Å². The van der Waals surface area contributed by atoms with Gasteiger partial charge in [-0.3, -0.25) is 4.79 Å². The summed E-state index contributed by atoms with van der Waals surface area (Å²) in [7, 11) is -3.63. The highest BCUT2D eigenvalue weighted by Crippen LogP contribution is 2.25. The van der Waals surface area contributed by atoms with Crippen LogP contribution in [0.3, 0.4) is 0 Å². The van der Waals surface area contributed by atoms with E-state index in [0.717, 1.165) is 15.6 Å². The summed E-state index contributed by atoms with van der Waals surface area (Å²) >= 11 is 0.946. The van der Waals surface area contributed by atoms with Crippen molar-refractivity contribution >= 4 is 27.3 Å². The number of thiophene rings is 1. The largest absolute Gasteiger partial charge is 0.481 e. The van der Waals surface area contributed by atoms with Crippen LogP contribution in [-0.2, 0) is 21.2 Å². The van der Waals surface area contributed by atoms with Gasteiger partial charge in [-0.2, -0.15) is 4.31 Å². The number of sulfonamides is 1. The fraction of sp³-hybridized carbons (Fsp3) is 0.500. The number of hydrogen-bond donors (Lipinski definition) is 2. The zero-order valence-corrected chi connectivity index (χ0v) is 11.5. The molecule has 0 aliphatic carbocycles. The lowest BCUT2D eigenvalue weighted by molar-refractivity contribution is -0.136. The van der Waals surface area contributed by atoms with Crippen molar-refractivity contribution in [3.05, 3.63) is 17.0 Å². The molecule has 0 spiro atoms. The highest BCUT2D eigenvalue weighted by Gasteiger charge is 2.24. The Kier molecular flexibility index (Phi) is 5.27. The van der Waals surface area contributed by atoms with Gasteiger partial charge < -0.3 is 10.2 Å². The van der Waals surface area contributed by atoms with Gasteiger partial charge in [0.1, 0.15) is 4.21 Å². The van der Waals surface area contributed by atoms with E-state index >= 15 is 0 Å². The summed E-state index contributed by atoms with van der Waals surface area (Å²) in [5, 5.41) is 17.5. The average Bonchev–Trinajstić information content (AvgIpc) is 2.73. The Morgan fingerprint density at radius 2 is 2.11 bits per heavy atom. The molecule has 6 nitrogen and oxygen atoms in total. The third-order valence-electron chi connectivity index (χ3n) is 2.26. The predicted molar refractivity (Wildman–Crippen MR) is 67.2 cm³/mol. The first-order valence-electron chi connectivity index (χ1n) is 5.33. The van der Waals surface area contributed by atoms with E-state index < -0.39 is 16.0 Å². The molecule has 18 heavy (non-hydrogen) atoms. The number of hydrogen-bond acceptors (Lipinski definition) is 5. The van der Waals surface area contributed by atoms with E-state index in [1.165, 1.54) is 12.1 Å². The summed E-state index contributed by atoms with van der Waals surface area (Å²) in [6.07, 6.45) is -0.188. The molecule has 1 aromatic heterocycles. The molecule has 0 saturated heterocycles. The van der Waals surface area contributed by atoms with E-state index in [0.29, 0.717) is 4.88 Å². The summed E-state index contributed by atoms with van der Waals surface area (Å²) in [4.78, 5) is 11.0. The monoisotopic (exact) mass is 293 g/mol. The molecule has 1 rings (SSSR count). The quantitative estimate of drug-likeness (QED) is 0.757. The fourth-order valence-corrected chi connectivity index (χ4v) is 4.37. The lowest BCUT2D eigenvalue weighted by Crippen LogP contribution is -2.32. The molecule has 0 radical (unpaired) electrons. The van der Waals surface area contributed by atoms with Crippen LogP contribution in [-0.4, -0.2) is 48.6 Å². The minimum Gasteiger partial charge on any atom is -0.481 e. The Balaban J connectivity index is 2.97. The third kappa shape index (κ3) is 3.52. The number of likely N-dealkylation sites (N-methyl/N-ethyl adjacent to an activating group) is 1. The summed E-state index contributed by atoms with van der Waals surface area (Å²) in [5.41, 5.74) is 0. The second-order valence-electron chi connectivity index (χ2n) is 3.51. The van der Waals surface area contributed by atoms with Crippen molar-refractivity contribution in [1.82, 2.24) is 4.31 Å². The van der Waals surface area contributed by atoms with Crippen LogP contribution < -0.4 is 0 Å². The van der Waals surface area contributed by atoms with Gasteiger partial charge in [0.2, 0.25) is 0 Å². The normalized spacial score (nSPS) is 11.9. The first-order chi connectivity index (χ1) is 8.41. The van der Waals surface area contributed by atoms with Crippen LogP contribution in [0.1, 0.15) is 11.8 Å². The Morgan fingerprint density at radius 1 is 1.44 bits per heavy atom. The summed E-state index contributed by atoms with van der Waals surface area (Å²) in [5.74, 6) is -0.997.